The van der Waals surface area contributed by atoms with Crippen LogP contribution in [0.1, 0.15) is 34.1 Å². The first-order valence-electron chi connectivity index (χ1n) is 10.4. The van der Waals surface area contributed by atoms with E-state index in [2.05, 4.69) is 49.1 Å². The van der Waals surface area contributed by atoms with Crippen molar-refractivity contribution >= 4 is 37.0 Å². The van der Waals surface area contributed by atoms with Crippen LogP contribution in [0.15, 0.2) is 0 Å². The number of hydrogen-bond donors (Lipinski definition) is 0. The van der Waals surface area contributed by atoms with Gasteiger partial charge in [0.15, 0.2) is 0 Å². The molecular formula is C18H43NO3SSi3. The highest BCUT2D eigenvalue weighted by Gasteiger charge is 2.47. The average Bonchev–Trinajstić information content (AvgIpc) is 2.75. The molecule has 0 N–H and O–H groups in total. The van der Waals surface area contributed by atoms with Gasteiger partial charge in [-0.3, -0.25) is 0 Å². The first kappa shape index (κ1) is 24.9. The monoisotopic (exact) mass is 437 g/mol. The molecule has 1 heterocycles. The van der Waals surface area contributed by atoms with Crippen LogP contribution in [0.4, 0.5) is 0 Å². The summed E-state index contributed by atoms with van der Waals surface area (Å²) in [6, 6.07) is 3.93. The van der Waals surface area contributed by atoms with E-state index >= 15 is 0 Å². The van der Waals surface area contributed by atoms with Gasteiger partial charge in [0.1, 0.15) is 16.5 Å². The van der Waals surface area contributed by atoms with Crippen molar-refractivity contribution in [2.75, 3.05) is 32.1 Å². The fourth-order valence-electron chi connectivity index (χ4n) is 4.08. The molecule has 1 atom stereocenters. The van der Waals surface area contributed by atoms with E-state index in [1.807, 2.05) is 20.8 Å². The van der Waals surface area contributed by atoms with E-state index in [1.165, 1.54) is 24.4 Å². The first-order valence-corrected chi connectivity index (χ1v) is 19.7. The van der Waals surface area contributed by atoms with Crippen LogP contribution in [-0.4, -0.2) is 66.9 Å². The molecule has 1 fully saturated rings. The van der Waals surface area contributed by atoms with E-state index < -0.39 is 25.3 Å². The molecular weight excluding hydrogens is 395 g/mol. The third kappa shape index (κ3) is 7.35. The van der Waals surface area contributed by atoms with Crippen LogP contribution in [0.2, 0.25) is 44.3 Å². The second-order valence-corrected chi connectivity index (χ2v) is 22.6. The van der Waals surface area contributed by atoms with Crippen molar-refractivity contribution in [2.45, 2.75) is 83.7 Å². The largest absolute Gasteiger partial charge is 0.500 e. The van der Waals surface area contributed by atoms with Gasteiger partial charge in [0.05, 0.1) is 0 Å². The second-order valence-electron chi connectivity index (χ2n) is 8.50. The van der Waals surface area contributed by atoms with Crippen molar-refractivity contribution in [3.63, 3.8) is 0 Å². The minimum atomic E-state index is -2.46. The van der Waals surface area contributed by atoms with E-state index in [0.717, 1.165) is 12.5 Å². The van der Waals surface area contributed by atoms with E-state index in [4.69, 9.17) is 13.3 Å². The number of thioether (sulfide) groups is 1. The highest BCUT2D eigenvalue weighted by Crippen LogP contribution is 2.37. The maximum absolute atomic E-state index is 5.97. The standard InChI is InChI=1S/C18H43NO3SSi3/c1-9-20-26(21-10-2,22-11-3)14-12-13-23-18(4)17-19-24(5,6)15-16-25(19,7)8/h18H,9-17H2,1-8H3. The Labute approximate surface area is 170 Å². The Kier molecular flexibility index (Phi) is 10.7. The van der Waals surface area contributed by atoms with Crippen molar-refractivity contribution in [1.82, 2.24) is 4.23 Å². The average molecular weight is 438 g/mol. The zero-order valence-corrected chi connectivity index (χ0v) is 22.3. The first-order chi connectivity index (χ1) is 12.1. The Morgan fingerprint density at radius 2 is 1.38 bits per heavy atom. The predicted molar refractivity (Wildman–Crippen MR) is 123 cm³/mol. The molecule has 0 aliphatic carbocycles. The summed E-state index contributed by atoms with van der Waals surface area (Å²) in [6.45, 7) is 22.1. The third-order valence-corrected chi connectivity index (χ3v) is 20.1. The van der Waals surface area contributed by atoms with Gasteiger partial charge in [-0.05, 0) is 51.6 Å². The number of rotatable bonds is 13. The van der Waals surface area contributed by atoms with Gasteiger partial charge in [0, 0.05) is 31.1 Å². The fourth-order valence-corrected chi connectivity index (χ4v) is 22.4. The maximum atomic E-state index is 5.97. The van der Waals surface area contributed by atoms with Crippen molar-refractivity contribution in [1.29, 1.82) is 0 Å². The lowest BCUT2D eigenvalue weighted by Gasteiger charge is -2.40. The predicted octanol–water partition coefficient (Wildman–Crippen LogP) is 5.27. The SMILES string of the molecule is CCO[Si](CCCSC(C)CN1[Si](C)(C)CC[Si]1(C)C)(OCC)OCC. The molecule has 0 spiro atoms. The smallest absolute Gasteiger partial charge is 0.374 e. The van der Waals surface area contributed by atoms with Crippen LogP contribution in [0.3, 0.4) is 0 Å². The van der Waals surface area contributed by atoms with Gasteiger partial charge in [0.2, 0.25) is 0 Å². The minimum absolute atomic E-state index is 0.671. The van der Waals surface area contributed by atoms with Crippen molar-refractivity contribution in [2.24, 2.45) is 0 Å². The van der Waals surface area contributed by atoms with Gasteiger partial charge in [-0.2, -0.15) is 11.8 Å². The molecule has 0 aromatic carbocycles. The Morgan fingerprint density at radius 1 is 0.923 bits per heavy atom. The van der Waals surface area contributed by atoms with Gasteiger partial charge in [-0.15, -0.1) is 0 Å². The Bertz CT molecular complexity index is 380. The molecule has 1 aliphatic rings. The van der Waals surface area contributed by atoms with E-state index in [0.29, 0.717) is 25.1 Å². The van der Waals surface area contributed by atoms with E-state index in [1.54, 1.807) is 0 Å². The maximum Gasteiger partial charge on any atom is 0.500 e. The van der Waals surface area contributed by atoms with Crippen LogP contribution < -0.4 is 0 Å². The summed E-state index contributed by atoms with van der Waals surface area (Å²) in [6.07, 6.45) is 1.11. The summed E-state index contributed by atoms with van der Waals surface area (Å²) in [7, 11) is -4.76. The summed E-state index contributed by atoms with van der Waals surface area (Å²) in [5.41, 5.74) is 0. The molecule has 1 aliphatic heterocycles. The lowest BCUT2D eigenvalue weighted by molar-refractivity contribution is 0.0712. The summed E-state index contributed by atoms with van der Waals surface area (Å²) >= 11 is 2.12. The quantitative estimate of drug-likeness (QED) is 0.289. The summed E-state index contributed by atoms with van der Waals surface area (Å²) in [5, 5.41) is 0.703. The van der Waals surface area contributed by atoms with Crippen LogP contribution in [0, 0.1) is 0 Å². The number of hydrogen-bond acceptors (Lipinski definition) is 5. The van der Waals surface area contributed by atoms with Crippen LogP contribution >= 0.6 is 11.8 Å². The number of nitrogens with zero attached hydrogens (tertiary/aromatic N) is 1. The second kappa shape index (κ2) is 11.1. The third-order valence-electron chi connectivity index (χ3n) is 5.37. The van der Waals surface area contributed by atoms with Crippen molar-refractivity contribution < 1.29 is 13.3 Å². The van der Waals surface area contributed by atoms with Crippen LogP contribution in [0.25, 0.3) is 0 Å². The highest BCUT2D eigenvalue weighted by molar-refractivity contribution is 7.99. The molecule has 4 nitrogen and oxygen atoms in total. The van der Waals surface area contributed by atoms with E-state index in [9.17, 15) is 0 Å². The van der Waals surface area contributed by atoms with Gasteiger partial charge in [-0.25, -0.2) is 0 Å². The lowest BCUT2D eigenvalue weighted by Crippen LogP contribution is -2.56. The van der Waals surface area contributed by atoms with Gasteiger partial charge in [0.25, 0.3) is 0 Å². The molecule has 0 saturated carbocycles. The van der Waals surface area contributed by atoms with Gasteiger partial charge >= 0.3 is 8.80 Å². The molecule has 8 heteroatoms. The minimum Gasteiger partial charge on any atom is -0.374 e. The normalized spacial score (nSPS) is 21.2. The van der Waals surface area contributed by atoms with E-state index in [-0.39, 0.29) is 0 Å². The molecule has 0 aromatic heterocycles. The zero-order valence-electron chi connectivity index (χ0n) is 18.5. The van der Waals surface area contributed by atoms with Crippen molar-refractivity contribution in [3.8, 4) is 0 Å². The van der Waals surface area contributed by atoms with Crippen LogP contribution in [0.5, 0.6) is 0 Å². The Morgan fingerprint density at radius 3 is 1.81 bits per heavy atom. The summed E-state index contributed by atoms with van der Waals surface area (Å²) in [5.74, 6) is 1.17. The molecule has 0 aromatic rings. The molecule has 1 saturated heterocycles. The molecule has 1 unspecified atom stereocenters. The van der Waals surface area contributed by atoms with Crippen LogP contribution in [-0.2, 0) is 13.3 Å². The molecule has 26 heavy (non-hydrogen) atoms. The molecule has 0 amide bonds. The summed E-state index contributed by atoms with van der Waals surface area (Å²) in [4.78, 5) is 0. The lowest BCUT2D eigenvalue weighted by atomic mass is 10.5. The van der Waals surface area contributed by atoms with Gasteiger partial charge < -0.3 is 17.5 Å². The Hall–Kier alpha value is 0.841. The zero-order chi connectivity index (χ0) is 19.8. The fraction of sp³-hybridized carbons (Fsp3) is 1.00. The molecule has 156 valence electrons. The topological polar surface area (TPSA) is 30.9 Å². The molecule has 0 bridgehead atoms. The molecule has 1 rings (SSSR count). The molecule has 0 radical (unpaired) electrons. The Balaban J connectivity index is 2.46. The summed E-state index contributed by atoms with van der Waals surface area (Å²) < 4.78 is 20.9. The van der Waals surface area contributed by atoms with Gasteiger partial charge in [-0.1, -0.05) is 33.1 Å². The highest BCUT2D eigenvalue weighted by atomic mass is 32.2. The van der Waals surface area contributed by atoms with Crippen molar-refractivity contribution in [3.05, 3.63) is 0 Å².